The molecule has 1 aromatic rings. The summed E-state index contributed by atoms with van der Waals surface area (Å²) in [5.41, 5.74) is 0. The maximum atomic E-state index is 12.8. The number of rotatable bonds is 6. The monoisotopic (exact) mass is 482 g/mol. The summed E-state index contributed by atoms with van der Waals surface area (Å²) in [7, 11) is -2.00. The van der Waals surface area contributed by atoms with Gasteiger partial charge in [0.05, 0.1) is 11.5 Å². The molecule has 1 heterocycles. The van der Waals surface area contributed by atoms with Crippen LogP contribution >= 0.6 is 31.9 Å². The number of ether oxygens (including phenoxy) is 1. The number of sulfonamides is 1. The molecular weight excluding hydrogens is 464 g/mol. The van der Waals surface area contributed by atoms with Crippen molar-refractivity contribution in [2.45, 2.75) is 17.7 Å². The second kappa shape index (κ2) is 8.75. The lowest BCUT2D eigenvalue weighted by Crippen LogP contribution is -2.43. The normalized spacial score (nSPS) is 17.0. The number of nitrogens with zero attached hydrogens (tertiary/aromatic N) is 1. The maximum Gasteiger partial charge on any atom is 0.244 e. The first-order chi connectivity index (χ1) is 11.4. The van der Waals surface area contributed by atoms with E-state index < -0.39 is 10.0 Å². The molecule has 1 fully saturated rings. The van der Waals surface area contributed by atoms with Crippen molar-refractivity contribution in [3.05, 3.63) is 27.1 Å². The number of piperidine rings is 1. The number of nitrogens with one attached hydrogen (secondary N) is 1. The number of carbonyl (C=O) groups is 1. The van der Waals surface area contributed by atoms with Crippen LogP contribution in [0, 0.1) is 5.92 Å². The van der Waals surface area contributed by atoms with Crippen molar-refractivity contribution in [2.24, 2.45) is 5.92 Å². The Balaban J connectivity index is 2.01. The fourth-order valence-electron chi connectivity index (χ4n) is 2.59. The smallest absolute Gasteiger partial charge is 0.244 e. The number of amides is 1. The third kappa shape index (κ3) is 4.78. The number of carbonyl (C=O) groups excluding carboxylic acids is 1. The molecule has 0 aromatic heterocycles. The Hall–Kier alpha value is -0.480. The number of methoxy groups -OCH3 is 1. The van der Waals surface area contributed by atoms with Gasteiger partial charge in [-0.25, -0.2) is 8.42 Å². The molecule has 6 nitrogen and oxygen atoms in total. The molecule has 1 aromatic carbocycles. The standard InChI is InChI=1S/C15H20Br2N2O4S/c1-23-9-6-18-15(20)11-4-7-19(8-5-11)24(21,22)14-10-12(16)2-3-13(14)17/h2-3,10-11H,4-9H2,1H3,(H,18,20). The molecule has 1 saturated heterocycles. The van der Waals surface area contributed by atoms with Gasteiger partial charge in [0.2, 0.25) is 15.9 Å². The van der Waals surface area contributed by atoms with Gasteiger partial charge in [0.25, 0.3) is 0 Å². The summed E-state index contributed by atoms with van der Waals surface area (Å²) in [4.78, 5) is 12.3. The summed E-state index contributed by atoms with van der Waals surface area (Å²) in [6.07, 6.45) is 1.04. The van der Waals surface area contributed by atoms with Crippen LogP contribution in [0.25, 0.3) is 0 Å². The summed E-state index contributed by atoms with van der Waals surface area (Å²) < 4.78 is 33.2. The Bertz CT molecular complexity index is 689. The Morgan fingerprint density at radius 2 is 2.00 bits per heavy atom. The number of benzene rings is 1. The van der Waals surface area contributed by atoms with E-state index in [-0.39, 0.29) is 16.7 Å². The third-order valence-corrected chi connectivity index (χ3v) is 7.33. The summed E-state index contributed by atoms with van der Waals surface area (Å²) in [5.74, 6) is -0.188. The van der Waals surface area contributed by atoms with Gasteiger partial charge in [0, 0.05) is 41.6 Å². The van der Waals surface area contributed by atoms with Crippen LogP contribution in [-0.4, -0.2) is 52.0 Å². The molecule has 1 aliphatic heterocycles. The molecule has 0 bridgehead atoms. The molecule has 2 rings (SSSR count). The highest BCUT2D eigenvalue weighted by Crippen LogP contribution is 2.30. The maximum absolute atomic E-state index is 12.8. The van der Waals surface area contributed by atoms with Crippen LogP contribution in [0.1, 0.15) is 12.8 Å². The lowest BCUT2D eigenvalue weighted by molar-refractivity contribution is -0.126. The van der Waals surface area contributed by atoms with Crippen LogP contribution in [0.3, 0.4) is 0 Å². The number of hydrogen-bond acceptors (Lipinski definition) is 4. The summed E-state index contributed by atoms with van der Waals surface area (Å²) in [6.45, 7) is 1.61. The SMILES string of the molecule is COCCNC(=O)C1CCN(S(=O)(=O)c2cc(Br)ccc2Br)CC1. The van der Waals surface area contributed by atoms with Crippen molar-refractivity contribution < 1.29 is 17.9 Å². The quantitative estimate of drug-likeness (QED) is 0.630. The van der Waals surface area contributed by atoms with Crippen molar-refractivity contribution in [1.29, 1.82) is 0 Å². The Morgan fingerprint density at radius 1 is 1.33 bits per heavy atom. The fourth-order valence-corrected chi connectivity index (χ4v) is 5.53. The van der Waals surface area contributed by atoms with E-state index in [9.17, 15) is 13.2 Å². The fraction of sp³-hybridized carbons (Fsp3) is 0.533. The van der Waals surface area contributed by atoms with E-state index in [1.807, 2.05) is 0 Å². The molecule has 0 atom stereocenters. The third-order valence-electron chi connectivity index (χ3n) is 3.94. The Labute approximate surface area is 159 Å². The van der Waals surface area contributed by atoms with E-state index in [1.165, 1.54) is 4.31 Å². The molecule has 1 aliphatic rings. The molecule has 0 spiro atoms. The Kier molecular flexibility index (Phi) is 7.23. The van der Waals surface area contributed by atoms with Crippen LogP contribution in [0.5, 0.6) is 0 Å². The van der Waals surface area contributed by atoms with Crippen LogP contribution < -0.4 is 5.32 Å². The molecule has 24 heavy (non-hydrogen) atoms. The number of hydrogen-bond donors (Lipinski definition) is 1. The average Bonchev–Trinajstić information content (AvgIpc) is 2.57. The first-order valence-corrected chi connectivity index (χ1v) is 10.6. The lowest BCUT2D eigenvalue weighted by atomic mass is 9.97. The van der Waals surface area contributed by atoms with Crippen LogP contribution in [0.4, 0.5) is 0 Å². The summed E-state index contributed by atoms with van der Waals surface area (Å²) in [6, 6.07) is 5.07. The van der Waals surface area contributed by atoms with E-state index in [0.717, 1.165) is 0 Å². The van der Waals surface area contributed by atoms with E-state index in [0.29, 0.717) is 48.0 Å². The molecule has 9 heteroatoms. The van der Waals surface area contributed by atoms with Gasteiger partial charge in [-0.2, -0.15) is 4.31 Å². The highest BCUT2D eigenvalue weighted by Gasteiger charge is 2.33. The van der Waals surface area contributed by atoms with Gasteiger partial charge in [-0.3, -0.25) is 4.79 Å². The predicted octanol–water partition coefficient (Wildman–Crippen LogP) is 2.37. The zero-order valence-corrected chi connectivity index (χ0v) is 17.3. The van der Waals surface area contributed by atoms with Crippen LogP contribution in [0.15, 0.2) is 32.0 Å². The van der Waals surface area contributed by atoms with Gasteiger partial charge in [-0.15, -0.1) is 0 Å². The van der Waals surface area contributed by atoms with Crippen molar-refractivity contribution in [2.75, 3.05) is 33.4 Å². The molecule has 1 N–H and O–H groups in total. The minimum Gasteiger partial charge on any atom is -0.383 e. The summed E-state index contributed by atoms with van der Waals surface area (Å²) in [5, 5.41) is 2.81. The topological polar surface area (TPSA) is 75.7 Å². The van der Waals surface area contributed by atoms with Gasteiger partial charge < -0.3 is 10.1 Å². The first kappa shape index (κ1) is 19.8. The lowest BCUT2D eigenvalue weighted by Gasteiger charge is -2.30. The number of halogens is 2. The van der Waals surface area contributed by atoms with E-state index >= 15 is 0 Å². The van der Waals surface area contributed by atoms with Crippen LogP contribution in [0.2, 0.25) is 0 Å². The largest absolute Gasteiger partial charge is 0.383 e. The predicted molar refractivity (Wildman–Crippen MR) is 98.2 cm³/mol. The molecule has 0 saturated carbocycles. The highest BCUT2D eigenvalue weighted by atomic mass is 79.9. The van der Waals surface area contributed by atoms with Crippen molar-refractivity contribution in [3.8, 4) is 0 Å². The Morgan fingerprint density at radius 3 is 2.62 bits per heavy atom. The molecular formula is C15H20Br2N2O4S. The molecule has 134 valence electrons. The minimum atomic E-state index is -3.58. The van der Waals surface area contributed by atoms with Gasteiger partial charge >= 0.3 is 0 Å². The average molecular weight is 484 g/mol. The first-order valence-electron chi connectivity index (χ1n) is 7.58. The zero-order chi connectivity index (χ0) is 17.7. The van der Waals surface area contributed by atoms with Crippen molar-refractivity contribution in [3.63, 3.8) is 0 Å². The van der Waals surface area contributed by atoms with E-state index in [2.05, 4.69) is 37.2 Å². The molecule has 0 unspecified atom stereocenters. The van der Waals surface area contributed by atoms with Gasteiger partial charge in [0.1, 0.15) is 0 Å². The van der Waals surface area contributed by atoms with Crippen molar-refractivity contribution in [1.82, 2.24) is 9.62 Å². The van der Waals surface area contributed by atoms with Crippen LogP contribution in [-0.2, 0) is 19.6 Å². The molecule has 0 radical (unpaired) electrons. The van der Waals surface area contributed by atoms with Gasteiger partial charge in [0.15, 0.2) is 0 Å². The van der Waals surface area contributed by atoms with Gasteiger partial charge in [-0.05, 0) is 47.0 Å². The second-order valence-corrected chi connectivity index (χ2v) is 9.21. The molecule has 1 amide bonds. The highest BCUT2D eigenvalue weighted by molar-refractivity contribution is 9.11. The van der Waals surface area contributed by atoms with E-state index in [4.69, 9.17) is 4.74 Å². The van der Waals surface area contributed by atoms with Crippen molar-refractivity contribution >= 4 is 47.8 Å². The van der Waals surface area contributed by atoms with E-state index in [1.54, 1.807) is 25.3 Å². The molecule has 0 aliphatic carbocycles. The second-order valence-electron chi connectivity index (χ2n) is 5.54. The van der Waals surface area contributed by atoms with Gasteiger partial charge in [-0.1, -0.05) is 15.9 Å². The minimum absolute atomic E-state index is 0.0345. The summed E-state index contributed by atoms with van der Waals surface area (Å²) >= 11 is 6.60. The zero-order valence-electron chi connectivity index (χ0n) is 13.3.